The number of hydrogen-bond donors (Lipinski definition) is 0. The second-order valence-corrected chi connectivity index (χ2v) is 7.02. The van der Waals surface area contributed by atoms with E-state index < -0.39 is 0 Å². The molecule has 0 saturated carbocycles. The minimum absolute atomic E-state index is 0.426. The van der Waals surface area contributed by atoms with Gasteiger partial charge in [0.25, 0.3) is 0 Å². The van der Waals surface area contributed by atoms with Crippen LogP contribution in [-0.2, 0) is 6.54 Å². The molecule has 25 heavy (non-hydrogen) atoms. The molecule has 1 aliphatic rings. The van der Waals surface area contributed by atoms with Crippen LogP contribution in [0.2, 0.25) is 0 Å². The van der Waals surface area contributed by atoms with E-state index in [2.05, 4.69) is 44.8 Å². The quantitative estimate of drug-likeness (QED) is 0.833. The molecule has 6 heteroatoms. The first kappa shape index (κ1) is 17.6. The van der Waals surface area contributed by atoms with Crippen molar-refractivity contribution in [2.24, 2.45) is 0 Å². The Labute approximate surface area is 150 Å². The average molecular weight is 340 g/mol. The molecular formula is C19H28N6. The van der Waals surface area contributed by atoms with Crippen LogP contribution in [0.15, 0.2) is 30.6 Å². The summed E-state index contributed by atoms with van der Waals surface area (Å²) in [6, 6.07) is 6.50. The Morgan fingerprint density at radius 2 is 2.00 bits per heavy atom. The summed E-state index contributed by atoms with van der Waals surface area (Å²) in [4.78, 5) is 20.4. The molecule has 1 atom stereocenters. The van der Waals surface area contributed by atoms with E-state index in [1.54, 1.807) is 0 Å². The minimum atomic E-state index is 0.426. The van der Waals surface area contributed by atoms with Crippen LogP contribution in [0, 0.1) is 6.92 Å². The number of nitrogens with zero attached hydrogens (tertiary/aromatic N) is 6. The van der Waals surface area contributed by atoms with Crippen LogP contribution in [0.25, 0.3) is 0 Å². The molecule has 0 radical (unpaired) electrons. The molecule has 0 spiro atoms. The van der Waals surface area contributed by atoms with Crippen molar-refractivity contribution in [2.75, 3.05) is 44.0 Å². The van der Waals surface area contributed by atoms with Gasteiger partial charge in [0.2, 0.25) is 5.95 Å². The molecule has 0 aromatic carbocycles. The number of hydrogen-bond acceptors (Lipinski definition) is 6. The molecule has 2 aromatic heterocycles. The van der Waals surface area contributed by atoms with E-state index in [-0.39, 0.29) is 0 Å². The Morgan fingerprint density at radius 3 is 2.76 bits per heavy atom. The van der Waals surface area contributed by atoms with Crippen LogP contribution in [0.5, 0.6) is 0 Å². The second kappa shape index (κ2) is 7.78. The van der Waals surface area contributed by atoms with Crippen LogP contribution >= 0.6 is 0 Å². The molecule has 3 heterocycles. The zero-order valence-electron chi connectivity index (χ0n) is 15.7. The number of anilines is 2. The largest absolute Gasteiger partial charge is 0.363 e. The maximum Gasteiger partial charge on any atom is 0.227 e. The number of aryl methyl sites for hydroxylation is 1. The van der Waals surface area contributed by atoms with E-state index in [4.69, 9.17) is 0 Å². The lowest BCUT2D eigenvalue weighted by atomic mass is 10.0. The van der Waals surface area contributed by atoms with Crippen molar-refractivity contribution < 1.29 is 0 Å². The van der Waals surface area contributed by atoms with E-state index in [1.807, 2.05) is 43.5 Å². The van der Waals surface area contributed by atoms with E-state index in [0.717, 1.165) is 31.4 Å². The summed E-state index contributed by atoms with van der Waals surface area (Å²) < 4.78 is 0. The lowest BCUT2D eigenvalue weighted by Gasteiger charge is -2.37. The fourth-order valence-electron chi connectivity index (χ4n) is 3.31. The molecule has 1 aliphatic heterocycles. The third-order valence-corrected chi connectivity index (χ3v) is 4.92. The van der Waals surface area contributed by atoms with Gasteiger partial charge in [-0.15, -0.1) is 0 Å². The van der Waals surface area contributed by atoms with Gasteiger partial charge in [-0.1, -0.05) is 6.07 Å². The number of pyridine rings is 1. The smallest absolute Gasteiger partial charge is 0.227 e. The first-order valence-electron chi connectivity index (χ1n) is 8.90. The molecule has 1 saturated heterocycles. The average Bonchev–Trinajstić information content (AvgIpc) is 2.63. The highest BCUT2D eigenvalue weighted by Crippen LogP contribution is 2.21. The van der Waals surface area contributed by atoms with E-state index in [0.29, 0.717) is 6.04 Å². The third kappa shape index (κ3) is 4.25. The van der Waals surface area contributed by atoms with Crippen molar-refractivity contribution in [2.45, 2.75) is 32.4 Å². The van der Waals surface area contributed by atoms with Gasteiger partial charge in [-0.3, -0.25) is 9.88 Å². The van der Waals surface area contributed by atoms with Gasteiger partial charge in [-0.05, 0) is 44.0 Å². The molecule has 3 rings (SSSR count). The first-order valence-corrected chi connectivity index (χ1v) is 8.90. The summed E-state index contributed by atoms with van der Waals surface area (Å²) >= 11 is 0. The Kier molecular flexibility index (Phi) is 5.48. The van der Waals surface area contributed by atoms with Gasteiger partial charge in [0.1, 0.15) is 5.82 Å². The van der Waals surface area contributed by atoms with Crippen LogP contribution in [0.4, 0.5) is 11.8 Å². The number of likely N-dealkylation sites (N-methyl/N-ethyl adjacent to an activating group) is 1. The molecule has 0 amide bonds. The predicted molar refractivity (Wildman–Crippen MR) is 102 cm³/mol. The van der Waals surface area contributed by atoms with E-state index in [9.17, 15) is 0 Å². The van der Waals surface area contributed by atoms with Crippen LogP contribution in [-0.4, -0.2) is 60.1 Å². The van der Waals surface area contributed by atoms with Gasteiger partial charge in [-0.2, -0.15) is 4.98 Å². The monoisotopic (exact) mass is 340 g/mol. The highest BCUT2D eigenvalue weighted by molar-refractivity contribution is 5.42. The van der Waals surface area contributed by atoms with Crippen molar-refractivity contribution in [3.8, 4) is 0 Å². The zero-order chi connectivity index (χ0) is 17.8. The van der Waals surface area contributed by atoms with Crippen LogP contribution < -0.4 is 9.80 Å². The second-order valence-electron chi connectivity index (χ2n) is 7.02. The van der Waals surface area contributed by atoms with Crippen molar-refractivity contribution in [1.82, 2.24) is 19.9 Å². The molecule has 0 aliphatic carbocycles. The Hall–Kier alpha value is -2.21. The number of likely N-dealkylation sites (tertiary alicyclic amines) is 1. The molecular weight excluding hydrogens is 312 g/mol. The minimum Gasteiger partial charge on any atom is -0.363 e. The summed E-state index contributed by atoms with van der Waals surface area (Å²) in [5.74, 6) is 1.74. The van der Waals surface area contributed by atoms with Gasteiger partial charge < -0.3 is 9.80 Å². The van der Waals surface area contributed by atoms with E-state index >= 15 is 0 Å². The predicted octanol–water partition coefficient (Wildman–Crippen LogP) is 2.35. The molecule has 0 bridgehead atoms. The van der Waals surface area contributed by atoms with Crippen LogP contribution in [0.1, 0.15) is 24.1 Å². The first-order chi connectivity index (χ1) is 12.0. The van der Waals surface area contributed by atoms with Crippen molar-refractivity contribution in [3.63, 3.8) is 0 Å². The zero-order valence-corrected chi connectivity index (χ0v) is 15.7. The lowest BCUT2D eigenvalue weighted by molar-refractivity contribution is 0.195. The fourth-order valence-corrected chi connectivity index (χ4v) is 3.31. The van der Waals surface area contributed by atoms with Gasteiger partial charge >= 0.3 is 0 Å². The summed E-state index contributed by atoms with van der Waals surface area (Å²) in [6.07, 6.45) is 6.08. The number of rotatable bonds is 5. The number of aromatic nitrogens is 3. The molecule has 2 aromatic rings. The Morgan fingerprint density at radius 1 is 1.16 bits per heavy atom. The van der Waals surface area contributed by atoms with Crippen molar-refractivity contribution in [1.29, 1.82) is 0 Å². The third-order valence-electron chi connectivity index (χ3n) is 4.92. The van der Waals surface area contributed by atoms with Gasteiger partial charge in [-0.25, -0.2) is 4.98 Å². The molecule has 134 valence electrons. The molecule has 6 nitrogen and oxygen atoms in total. The summed E-state index contributed by atoms with van der Waals surface area (Å²) in [6.45, 7) is 5.19. The molecule has 0 N–H and O–H groups in total. The standard InChI is InChI=1S/C19H28N6/c1-15-7-5-10-20-17(15)14-25-12-6-8-16(13-25)24(4)19-21-11-9-18(22-19)23(2)3/h5,7,9-11,16H,6,8,12-14H2,1-4H3. The van der Waals surface area contributed by atoms with Gasteiger partial charge in [0, 0.05) is 52.7 Å². The Bertz CT molecular complexity index is 702. The SMILES string of the molecule is Cc1cccnc1CN1CCCC(N(C)c2nccc(N(C)C)n2)C1. The maximum atomic E-state index is 4.68. The molecule has 1 unspecified atom stereocenters. The maximum absolute atomic E-state index is 4.68. The van der Waals surface area contributed by atoms with Crippen molar-refractivity contribution >= 4 is 11.8 Å². The normalized spacial score (nSPS) is 18.2. The highest BCUT2D eigenvalue weighted by atomic mass is 15.3. The van der Waals surface area contributed by atoms with Crippen LogP contribution in [0.3, 0.4) is 0 Å². The topological polar surface area (TPSA) is 48.4 Å². The lowest BCUT2D eigenvalue weighted by Crippen LogP contribution is -2.47. The number of piperidine rings is 1. The van der Waals surface area contributed by atoms with E-state index in [1.165, 1.54) is 24.1 Å². The Balaban J connectivity index is 1.68. The fraction of sp³-hybridized carbons (Fsp3) is 0.526. The summed E-state index contributed by atoms with van der Waals surface area (Å²) in [5.41, 5.74) is 2.44. The molecule has 1 fully saturated rings. The summed E-state index contributed by atoms with van der Waals surface area (Å²) in [7, 11) is 6.11. The van der Waals surface area contributed by atoms with Crippen molar-refractivity contribution in [3.05, 3.63) is 41.9 Å². The van der Waals surface area contributed by atoms with Gasteiger partial charge in [0.15, 0.2) is 0 Å². The highest BCUT2D eigenvalue weighted by Gasteiger charge is 2.25. The summed E-state index contributed by atoms with van der Waals surface area (Å²) in [5, 5.41) is 0. The van der Waals surface area contributed by atoms with Gasteiger partial charge in [0.05, 0.1) is 5.69 Å².